The number of hydrogen-bond donors (Lipinski definition) is 1. The van der Waals surface area contributed by atoms with Gasteiger partial charge in [0.15, 0.2) is 0 Å². The number of nitrogens with one attached hydrogen (secondary N) is 1. The van der Waals surface area contributed by atoms with Crippen LogP contribution in [0.5, 0.6) is 0 Å². The average molecular weight is 564 g/mol. The van der Waals surface area contributed by atoms with Gasteiger partial charge < -0.3 is 4.90 Å². The van der Waals surface area contributed by atoms with E-state index in [1.54, 1.807) is 12.1 Å². The van der Waals surface area contributed by atoms with Crippen LogP contribution in [0.3, 0.4) is 0 Å². The number of nitrogens with zero attached hydrogens (tertiary/aromatic N) is 2. The number of anilines is 1. The van der Waals surface area contributed by atoms with E-state index in [9.17, 15) is 17.6 Å². The predicted octanol–water partition coefficient (Wildman–Crippen LogP) is 5.59. The van der Waals surface area contributed by atoms with E-state index < -0.39 is 21.7 Å². The Bertz CT molecular complexity index is 1570. The van der Waals surface area contributed by atoms with E-state index in [1.807, 2.05) is 47.2 Å². The topological polar surface area (TPSA) is 69.7 Å². The van der Waals surface area contributed by atoms with Crippen LogP contribution in [0.25, 0.3) is 11.1 Å². The lowest BCUT2D eigenvalue weighted by atomic mass is 9.99. The van der Waals surface area contributed by atoms with Crippen molar-refractivity contribution in [3.63, 3.8) is 0 Å². The molecule has 1 aliphatic rings. The molecule has 5 rings (SSSR count). The number of halogens is 2. The highest BCUT2D eigenvalue weighted by atomic mass is 35.5. The van der Waals surface area contributed by atoms with Gasteiger partial charge in [-0.15, -0.1) is 0 Å². The van der Waals surface area contributed by atoms with Gasteiger partial charge in [0.2, 0.25) is 0 Å². The van der Waals surface area contributed by atoms with Gasteiger partial charge in [-0.1, -0.05) is 54.1 Å². The Morgan fingerprint density at radius 3 is 2.23 bits per heavy atom. The molecule has 4 aromatic rings. The Hall–Kier alpha value is -3.72. The maximum Gasteiger partial charge on any atom is 0.264 e. The van der Waals surface area contributed by atoms with E-state index in [4.69, 9.17) is 11.6 Å². The third kappa shape index (κ3) is 6.47. The monoisotopic (exact) mass is 563 g/mol. The van der Waals surface area contributed by atoms with Gasteiger partial charge in [-0.05, 0) is 71.3 Å². The molecule has 0 atom stereocenters. The molecular formula is C30H27ClFN3O3S. The molecule has 1 heterocycles. The molecule has 1 aliphatic heterocycles. The summed E-state index contributed by atoms with van der Waals surface area (Å²) in [7, 11) is -4.18. The SMILES string of the molecule is O=C(NS(=O)(=O)c1cccc(F)c1)c1ccc(N2CCN(Cc3ccccc3-c3ccc(Cl)cc3)CC2)cc1. The molecule has 1 N–H and O–H groups in total. The van der Waals surface area contributed by atoms with Crippen LogP contribution >= 0.6 is 11.6 Å². The molecule has 0 bridgehead atoms. The van der Waals surface area contributed by atoms with Crippen LogP contribution < -0.4 is 9.62 Å². The van der Waals surface area contributed by atoms with Crippen LogP contribution in [0.1, 0.15) is 15.9 Å². The fourth-order valence-electron chi connectivity index (χ4n) is 4.67. The van der Waals surface area contributed by atoms with Crippen molar-refractivity contribution >= 4 is 33.2 Å². The first kappa shape index (κ1) is 26.9. The van der Waals surface area contributed by atoms with E-state index >= 15 is 0 Å². The van der Waals surface area contributed by atoms with E-state index in [-0.39, 0.29) is 10.5 Å². The second kappa shape index (κ2) is 11.6. The van der Waals surface area contributed by atoms with Gasteiger partial charge in [0, 0.05) is 49.0 Å². The highest BCUT2D eigenvalue weighted by Crippen LogP contribution is 2.27. The first-order valence-corrected chi connectivity index (χ1v) is 14.4. The summed E-state index contributed by atoms with van der Waals surface area (Å²) >= 11 is 6.07. The standard InChI is InChI=1S/C30H27ClFN3O3S/c31-25-12-8-22(9-13-25)29-7-2-1-4-24(29)21-34-16-18-35(19-17-34)27-14-10-23(11-15-27)30(36)33-39(37,38)28-6-3-5-26(32)20-28/h1-15,20H,16-19,21H2,(H,33,36). The largest absolute Gasteiger partial charge is 0.369 e. The normalized spacial score (nSPS) is 14.3. The number of hydrogen-bond acceptors (Lipinski definition) is 5. The number of benzene rings is 4. The third-order valence-electron chi connectivity index (χ3n) is 6.77. The summed E-state index contributed by atoms with van der Waals surface area (Å²) in [6.45, 7) is 4.24. The second-order valence-corrected chi connectivity index (χ2v) is 11.5. The van der Waals surface area contributed by atoms with Crippen molar-refractivity contribution in [2.24, 2.45) is 0 Å². The highest BCUT2D eigenvalue weighted by Gasteiger charge is 2.21. The molecule has 6 nitrogen and oxygen atoms in total. The summed E-state index contributed by atoms with van der Waals surface area (Å²) in [5, 5.41) is 0.718. The molecule has 1 saturated heterocycles. The number of piperazine rings is 1. The highest BCUT2D eigenvalue weighted by molar-refractivity contribution is 7.90. The lowest BCUT2D eigenvalue weighted by Crippen LogP contribution is -2.46. The van der Waals surface area contributed by atoms with Crippen LogP contribution in [0.15, 0.2) is 102 Å². The zero-order chi connectivity index (χ0) is 27.4. The van der Waals surface area contributed by atoms with Crippen LogP contribution in [0, 0.1) is 5.82 Å². The first-order chi connectivity index (χ1) is 18.8. The van der Waals surface area contributed by atoms with Crippen LogP contribution in [-0.2, 0) is 16.6 Å². The maximum absolute atomic E-state index is 13.4. The van der Waals surface area contributed by atoms with Crippen molar-refractivity contribution in [2.75, 3.05) is 31.1 Å². The Labute approximate surface area is 232 Å². The number of carbonyl (C=O) groups is 1. The zero-order valence-corrected chi connectivity index (χ0v) is 22.6. The van der Waals surface area contributed by atoms with E-state index in [1.165, 1.54) is 23.3 Å². The van der Waals surface area contributed by atoms with E-state index in [2.05, 4.69) is 28.0 Å². The Morgan fingerprint density at radius 1 is 0.846 bits per heavy atom. The zero-order valence-electron chi connectivity index (χ0n) is 21.1. The van der Waals surface area contributed by atoms with Crippen LogP contribution in [-0.4, -0.2) is 45.4 Å². The fourth-order valence-corrected chi connectivity index (χ4v) is 5.80. The molecule has 1 amide bonds. The number of amides is 1. The summed E-state index contributed by atoms with van der Waals surface area (Å²) < 4.78 is 40.3. The molecule has 0 saturated carbocycles. The van der Waals surface area contributed by atoms with Crippen molar-refractivity contribution < 1.29 is 17.6 Å². The van der Waals surface area contributed by atoms with Crippen LogP contribution in [0.4, 0.5) is 10.1 Å². The van der Waals surface area contributed by atoms with Crippen LogP contribution in [0.2, 0.25) is 5.02 Å². The van der Waals surface area contributed by atoms with Crippen molar-refractivity contribution in [1.29, 1.82) is 0 Å². The van der Waals surface area contributed by atoms with Gasteiger partial charge in [0.1, 0.15) is 5.82 Å². The molecular weight excluding hydrogens is 537 g/mol. The number of rotatable bonds is 7. The molecule has 0 unspecified atom stereocenters. The summed E-state index contributed by atoms with van der Waals surface area (Å²) in [6, 6.07) is 27.6. The Kier molecular flexibility index (Phi) is 7.97. The van der Waals surface area contributed by atoms with Crippen molar-refractivity contribution in [1.82, 2.24) is 9.62 Å². The molecule has 0 spiro atoms. The van der Waals surface area contributed by atoms with E-state index in [0.717, 1.165) is 61.1 Å². The minimum absolute atomic E-state index is 0.205. The number of carbonyl (C=O) groups excluding carboxylic acids is 1. The maximum atomic E-state index is 13.4. The van der Waals surface area contributed by atoms with Gasteiger partial charge in [-0.2, -0.15) is 0 Å². The van der Waals surface area contributed by atoms with Crippen molar-refractivity contribution in [3.05, 3.63) is 119 Å². The Balaban J connectivity index is 1.19. The molecule has 1 fully saturated rings. The summed E-state index contributed by atoms with van der Waals surface area (Å²) in [4.78, 5) is 16.9. The average Bonchev–Trinajstić information content (AvgIpc) is 2.94. The molecule has 4 aromatic carbocycles. The van der Waals surface area contributed by atoms with E-state index in [0.29, 0.717) is 0 Å². The molecule has 0 aromatic heterocycles. The molecule has 200 valence electrons. The van der Waals surface area contributed by atoms with Gasteiger partial charge in [-0.3, -0.25) is 9.69 Å². The molecule has 0 radical (unpaired) electrons. The van der Waals surface area contributed by atoms with Crippen molar-refractivity contribution in [3.8, 4) is 11.1 Å². The minimum atomic E-state index is -4.18. The molecule has 39 heavy (non-hydrogen) atoms. The smallest absolute Gasteiger partial charge is 0.264 e. The first-order valence-electron chi connectivity index (χ1n) is 12.5. The lowest BCUT2D eigenvalue weighted by Gasteiger charge is -2.36. The fraction of sp³-hybridized carbons (Fsp3) is 0.167. The lowest BCUT2D eigenvalue weighted by molar-refractivity contribution is 0.0981. The Morgan fingerprint density at radius 2 is 1.54 bits per heavy atom. The summed E-state index contributed by atoms with van der Waals surface area (Å²) in [5.74, 6) is -1.46. The summed E-state index contributed by atoms with van der Waals surface area (Å²) in [6.07, 6.45) is 0. The molecule has 0 aliphatic carbocycles. The van der Waals surface area contributed by atoms with Gasteiger partial charge in [0.25, 0.3) is 15.9 Å². The molecule has 9 heteroatoms. The number of sulfonamides is 1. The second-order valence-electron chi connectivity index (χ2n) is 9.37. The van der Waals surface area contributed by atoms with Gasteiger partial charge in [0.05, 0.1) is 4.90 Å². The van der Waals surface area contributed by atoms with Gasteiger partial charge in [-0.25, -0.2) is 17.5 Å². The minimum Gasteiger partial charge on any atom is -0.369 e. The quantitative estimate of drug-likeness (QED) is 0.318. The third-order valence-corrected chi connectivity index (χ3v) is 8.35. The predicted molar refractivity (Wildman–Crippen MR) is 152 cm³/mol. The van der Waals surface area contributed by atoms with Crippen molar-refractivity contribution in [2.45, 2.75) is 11.4 Å². The van der Waals surface area contributed by atoms with Gasteiger partial charge >= 0.3 is 0 Å². The summed E-state index contributed by atoms with van der Waals surface area (Å²) in [5.41, 5.74) is 4.76.